The quantitative estimate of drug-likeness (QED) is 0.299. The SMILES string of the molecule is CC(C)=CCC/C(C)=C/CNC(=O)Nc1ccccc1CCc1cc(C(C)(C)C)c(O)c(C(C)(C)C)c1. The number of allylic oxidation sites excluding steroid dienone is 3. The summed E-state index contributed by atoms with van der Waals surface area (Å²) < 4.78 is 0. The first kappa shape index (κ1) is 30.2. The highest BCUT2D eigenvalue weighted by molar-refractivity contribution is 5.90. The largest absolute Gasteiger partial charge is 0.507 e. The van der Waals surface area contributed by atoms with Crippen molar-refractivity contribution in [1.29, 1.82) is 0 Å². The number of urea groups is 1. The maximum absolute atomic E-state index is 12.6. The molecule has 0 spiro atoms. The fourth-order valence-electron chi connectivity index (χ4n) is 4.30. The summed E-state index contributed by atoms with van der Waals surface area (Å²) in [6.45, 7) is 19.6. The Kier molecular flexibility index (Phi) is 10.6. The van der Waals surface area contributed by atoms with E-state index in [4.69, 9.17) is 0 Å². The Balaban J connectivity index is 2.09. The number of anilines is 1. The number of phenolic OH excluding ortho intramolecular Hbond substituents is 1. The Labute approximate surface area is 225 Å². The minimum absolute atomic E-state index is 0.157. The molecule has 0 aromatic heterocycles. The van der Waals surface area contributed by atoms with Gasteiger partial charge in [-0.3, -0.25) is 0 Å². The zero-order valence-electron chi connectivity index (χ0n) is 24.5. The lowest BCUT2D eigenvalue weighted by molar-refractivity contribution is 0.253. The lowest BCUT2D eigenvalue weighted by atomic mass is 9.78. The Bertz CT molecular complexity index is 1090. The molecule has 2 rings (SSSR count). The topological polar surface area (TPSA) is 61.4 Å². The van der Waals surface area contributed by atoms with E-state index in [-0.39, 0.29) is 16.9 Å². The molecule has 0 radical (unpaired) electrons. The Morgan fingerprint density at radius 1 is 0.892 bits per heavy atom. The average molecular weight is 505 g/mol. The van der Waals surface area contributed by atoms with Gasteiger partial charge in [0.05, 0.1) is 0 Å². The third-order valence-corrected chi connectivity index (χ3v) is 6.54. The van der Waals surface area contributed by atoms with Crippen LogP contribution in [0.3, 0.4) is 0 Å². The third-order valence-electron chi connectivity index (χ3n) is 6.54. The number of aromatic hydroxyl groups is 1. The van der Waals surface area contributed by atoms with Gasteiger partial charge in [-0.1, -0.05) is 95.2 Å². The number of phenols is 1. The molecule has 0 unspecified atom stereocenters. The van der Waals surface area contributed by atoms with Crippen LogP contribution in [-0.2, 0) is 23.7 Å². The van der Waals surface area contributed by atoms with Gasteiger partial charge in [0.25, 0.3) is 0 Å². The van der Waals surface area contributed by atoms with Crippen LogP contribution in [0.2, 0.25) is 0 Å². The molecule has 4 heteroatoms. The third kappa shape index (κ3) is 9.76. The standard InChI is InChI=1S/C33H48N2O2/c1-23(2)13-12-14-24(3)19-20-34-31(37)35-29-16-11-10-15-26(29)18-17-25-21-27(32(4,5)6)30(36)28(22-25)33(7,8)9/h10-11,13,15-16,19,21-22,36H,12,14,17-18,20H2,1-9H3,(H2,34,35,37)/b24-19+. The molecule has 0 fully saturated rings. The van der Waals surface area contributed by atoms with E-state index in [2.05, 4.69) is 103 Å². The van der Waals surface area contributed by atoms with E-state index in [1.807, 2.05) is 18.2 Å². The van der Waals surface area contributed by atoms with Crippen molar-refractivity contribution in [3.05, 3.63) is 82.0 Å². The van der Waals surface area contributed by atoms with Crippen molar-refractivity contribution in [3.8, 4) is 5.75 Å². The van der Waals surface area contributed by atoms with E-state index in [0.717, 1.165) is 48.1 Å². The van der Waals surface area contributed by atoms with Crippen LogP contribution in [0.25, 0.3) is 0 Å². The van der Waals surface area contributed by atoms with E-state index >= 15 is 0 Å². The number of hydrogen-bond acceptors (Lipinski definition) is 2. The number of hydrogen-bond donors (Lipinski definition) is 3. The average Bonchev–Trinajstić information content (AvgIpc) is 2.77. The summed E-state index contributed by atoms with van der Waals surface area (Å²) in [5.74, 6) is 0.406. The lowest BCUT2D eigenvalue weighted by Crippen LogP contribution is -2.29. The predicted molar refractivity (Wildman–Crippen MR) is 159 cm³/mol. The molecular formula is C33H48N2O2. The highest BCUT2D eigenvalue weighted by Crippen LogP contribution is 2.40. The number of amides is 2. The van der Waals surface area contributed by atoms with Gasteiger partial charge in [0.2, 0.25) is 0 Å². The molecule has 0 aliphatic heterocycles. The monoisotopic (exact) mass is 504 g/mol. The second-order valence-electron chi connectivity index (χ2n) is 12.4. The number of benzene rings is 2. The van der Waals surface area contributed by atoms with Gasteiger partial charge in [-0.05, 0) is 85.6 Å². The molecule has 2 amide bonds. The Hall–Kier alpha value is -3.01. The Morgan fingerprint density at radius 3 is 2.05 bits per heavy atom. The number of aryl methyl sites for hydroxylation is 2. The predicted octanol–water partition coefficient (Wildman–Crippen LogP) is 8.59. The van der Waals surface area contributed by atoms with Gasteiger partial charge >= 0.3 is 6.03 Å². The molecule has 0 aliphatic rings. The van der Waals surface area contributed by atoms with Crippen LogP contribution in [-0.4, -0.2) is 17.7 Å². The zero-order chi connectivity index (χ0) is 27.8. The first-order chi connectivity index (χ1) is 17.2. The number of nitrogens with one attached hydrogen (secondary N) is 2. The van der Waals surface area contributed by atoms with Crippen molar-refractivity contribution in [2.75, 3.05) is 11.9 Å². The van der Waals surface area contributed by atoms with Crippen molar-refractivity contribution >= 4 is 11.7 Å². The molecule has 0 aliphatic carbocycles. The molecule has 3 N–H and O–H groups in total. The Morgan fingerprint density at radius 2 is 1.49 bits per heavy atom. The van der Waals surface area contributed by atoms with Crippen LogP contribution in [0.5, 0.6) is 5.75 Å². The normalized spacial score (nSPS) is 12.3. The number of carbonyl (C=O) groups is 1. The summed E-state index contributed by atoms with van der Waals surface area (Å²) in [6.07, 6.45) is 7.95. The molecule has 2 aromatic carbocycles. The summed E-state index contributed by atoms with van der Waals surface area (Å²) in [5, 5.41) is 17.0. The van der Waals surface area contributed by atoms with Crippen LogP contribution >= 0.6 is 0 Å². The second-order valence-corrected chi connectivity index (χ2v) is 12.4. The smallest absolute Gasteiger partial charge is 0.319 e. The van der Waals surface area contributed by atoms with Crippen LogP contribution in [0.4, 0.5) is 10.5 Å². The van der Waals surface area contributed by atoms with Crippen molar-refractivity contribution in [2.45, 2.75) is 98.8 Å². The van der Waals surface area contributed by atoms with E-state index in [0.29, 0.717) is 12.3 Å². The molecule has 37 heavy (non-hydrogen) atoms. The first-order valence-electron chi connectivity index (χ1n) is 13.5. The highest BCUT2D eigenvalue weighted by atomic mass is 16.3. The van der Waals surface area contributed by atoms with E-state index in [9.17, 15) is 9.90 Å². The van der Waals surface area contributed by atoms with Gasteiger partial charge in [-0.15, -0.1) is 0 Å². The van der Waals surface area contributed by atoms with E-state index < -0.39 is 0 Å². The highest BCUT2D eigenvalue weighted by Gasteiger charge is 2.26. The minimum Gasteiger partial charge on any atom is -0.507 e. The molecule has 0 heterocycles. The van der Waals surface area contributed by atoms with Gasteiger partial charge < -0.3 is 15.7 Å². The summed E-state index contributed by atoms with van der Waals surface area (Å²) >= 11 is 0. The van der Waals surface area contributed by atoms with Crippen LogP contribution in [0.15, 0.2) is 59.7 Å². The maximum Gasteiger partial charge on any atom is 0.319 e. The molecular weight excluding hydrogens is 456 g/mol. The minimum atomic E-state index is -0.199. The van der Waals surface area contributed by atoms with Gasteiger partial charge in [0.1, 0.15) is 5.75 Å². The van der Waals surface area contributed by atoms with Gasteiger partial charge in [-0.2, -0.15) is 0 Å². The fraction of sp³-hybridized carbons (Fsp3) is 0.485. The summed E-state index contributed by atoms with van der Waals surface area (Å²) in [4.78, 5) is 12.6. The van der Waals surface area contributed by atoms with Crippen LogP contribution in [0.1, 0.15) is 97.4 Å². The summed E-state index contributed by atoms with van der Waals surface area (Å²) in [5.41, 5.74) is 7.36. The molecule has 0 saturated carbocycles. The van der Waals surface area contributed by atoms with Crippen molar-refractivity contribution < 1.29 is 9.90 Å². The van der Waals surface area contributed by atoms with E-state index in [1.54, 1.807) is 0 Å². The van der Waals surface area contributed by atoms with Crippen LogP contribution in [0, 0.1) is 0 Å². The van der Waals surface area contributed by atoms with Crippen LogP contribution < -0.4 is 10.6 Å². The number of para-hydroxylation sites is 1. The molecule has 202 valence electrons. The van der Waals surface area contributed by atoms with Crippen molar-refractivity contribution in [2.24, 2.45) is 0 Å². The summed E-state index contributed by atoms with van der Waals surface area (Å²) in [7, 11) is 0. The fourth-order valence-corrected chi connectivity index (χ4v) is 4.30. The number of rotatable bonds is 9. The molecule has 0 bridgehead atoms. The van der Waals surface area contributed by atoms with Gasteiger partial charge in [0, 0.05) is 12.2 Å². The molecule has 0 atom stereocenters. The zero-order valence-corrected chi connectivity index (χ0v) is 24.5. The van der Waals surface area contributed by atoms with E-state index in [1.165, 1.54) is 16.7 Å². The first-order valence-corrected chi connectivity index (χ1v) is 13.5. The maximum atomic E-state index is 12.6. The second kappa shape index (κ2) is 13.0. The molecule has 4 nitrogen and oxygen atoms in total. The summed E-state index contributed by atoms with van der Waals surface area (Å²) in [6, 6.07) is 12.1. The number of carbonyl (C=O) groups excluding carboxylic acids is 1. The van der Waals surface area contributed by atoms with Gasteiger partial charge in [-0.25, -0.2) is 4.79 Å². The lowest BCUT2D eigenvalue weighted by Gasteiger charge is -2.28. The van der Waals surface area contributed by atoms with Crippen molar-refractivity contribution in [1.82, 2.24) is 5.32 Å². The van der Waals surface area contributed by atoms with Crippen molar-refractivity contribution in [3.63, 3.8) is 0 Å². The molecule has 2 aromatic rings. The van der Waals surface area contributed by atoms with Gasteiger partial charge in [0.15, 0.2) is 0 Å². The molecule has 0 saturated heterocycles.